The number of nitrogens with two attached hydrogens (primary N) is 1. The number of aryl methyl sites for hydroxylation is 1. The molecule has 4 aromatic rings. The molecule has 1 aromatic heterocycles. The van der Waals surface area contributed by atoms with E-state index in [4.69, 9.17) is 21.2 Å². The van der Waals surface area contributed by atoms with Crippen molar-refractivity contribution >= 4 is 44.8 Å². The molecule has 0 unspecified atom stereocenters. The maximum absolute atomic E-state index is 11.3. The van der Waals surface area contributed by atoms with Gasteiger partial charge in [-0.05, 0) is 55.6 Å². The number of fused-ring (bicyclic) bond motifs is 3. The van der Waals surface area contributed by atoms with Gasteiger partial charge in [-0.1, -0.05) is 35.4 Å². The van der Waals surface area contributed by atoms with Crippen molar-refractivity contribution in [3.63, 3.8) is 0 Å². The van der Waals surface area contributed by atoms with Crippen molar-refractivity contribution in [3.05, 3.63) is 77.2 Å². The number of anilines is 1. The molecule has 0 atom stereocenters. The summed E-state index contributed by atoms with van der Waals surface area (Å²) in [4.78, 5) is 23.1. The number of carboxylic acid groups (broad SMARTS) is 1. The number of carbonyl (C=O) groups excluding carboxylic acids is 2. The molecule has 0 spiro atoms. The zero-order valence-electron chi connectivity index (χ0n) is 21.1. The number of alkyl halides is 3. The predicted molar refractivity (Wildman–Crippen MR) is 141 cm³/mol. The minimum absolute atomic E-state index is 0.230. The molecule has 3 aromatic carbocycles. The van der Waals surface area contributed by atoms with Gasteiger partial charge in [0.2, 0.25) is 11.2 Å². The molecule has 0 aliphatic carbocycles. The van der Waals surface area contributed by atoms with E-state index in [1.54, 1.807) is 6.92 Å². The minimum atomic E-state index is -5.19. The van der Waals surface area contributed by atoms with Crippen LogP contribution < -0.4 is 15.4 Å². The van der Waals surface area contributed by atoms with Gasteiger partial charge in [0, 0.05) is 46.1 Å². The van der Waals surface area contributed by atoms with E-state index in [1.165, 1.54) is 0 Å². The molecule has 8 nitrogen and oxygen atoms in total. The van der Waals surface area contributed by atoms with Gasteiger partial charge in [-0.25, -0.2) is 0 Å². The summed E-state index contributed by atoms with van der Waals surface area (Å²) in [5.74, 6) is -2.78. The van der Waals surface area contributed by atoms with Gasteiger partial charge >= 0.3 is 6.18 Å². The highest BCUT2D eigenvalue weighted by Gasteiger charge is 2.29. The maximum atomic E-state index is 11.3. The summed E-state index contributed by atoms with van der Waals surface area (Å²) in [5, 5.41) is 15.9. The second-order valence-electron chi connectivity index (χ2n) is 8.86. The Morgan fingerprint density at radius 3 is 2.26 bits per heavy atom. The number of aromatic nitrogens is 1. The summed E-state index contributed by atoms with van der Waals surface area (Å²) in [6.07, 6.45) is -1.79. The van der Waals surface area contributed by atoms with Crippen LogP contribution in [0.15, 0.2) is 71.8 Å². The van der Waals surface area contributed by atoms with E-state index in [-0.39, 0.29) is 5.78 Å². The topological polar surface area (TPSA) is 136 Å². The van der Waals surface area contributed by atoms with E-state index in [0.29, 0.717) is 17.8 Å². The Morgan fingerprint density at radius 2 is 1.64 bits per heavy atom. The number of hydrogen-bond acceptors (Lipinski definition) is 5. The van der Waals surface area contributed by atoms with Crippen LogP contribution in [0.3, 0.4) is 0 Å². The van der Waals surface area contributed by atoms with E-state index >= 15 is 0 Å². The Balaban J connectivity index is 0.000000532. The number of aliphatic carboxylic acids is 1. The molecule has 0 saturated carbocycles. The van der Waals surface area contributed by atoms with Gasteiger partial charge in [0.05, 0.1) is 10.8 Å². The molecule has 4 rings (SSSR count). The Hall–Kier alpha value is -4.63. The summed E-state index contributed by atoms with van der Waals surface area (Å²) < 4.78 is 33.9. The number of halogens is 3. The number of carbonyl (C=O) groups is 2. The highest BCUT2D eigenvalue weighted by molar-refractivity contribution is 6.10. The molecule has 0 amide bonds. The van der Waals surface area contributed by atoms with Crippen molar-refractivity contribution in [1.29, 1.82) is 0 Å². The summed E-state index contributed by atoms with van der Waals surface area (Å²) in [6, 6.07) is 22.1. The van der Waals surface area contributed by atoms with Crippen molar-refractivity contribution in [2.75, 3.05) is 5.73 Å². The number of carboxylic acids is 1. The van der Waals surface area contributed by atoms with Crippen LogP contribution in [0.1, 0.15) is 32.6 Å². The van der Waals surface area contributed by atoms with Gasteiger partial charge in [0.15, 0.2) is 0 Å². The SMILES string of the molecule is CC(=O)CCCCC[n+]1c(-c2ccccc2)c2cc(N)ccc2c2ccc(N=[N+]=[N-])cc21.O=C([O-])C(F)(F)F. The minimum Gasteiger partial charge on any atom is -0.542 e. The van der Waals surface area contributed by atoms with Crippen molar-refractivity contribution in [2.24, 2.45) is 5.11 Å². The first kappa shape index (κ1) is 28.9. The van der Waals surface area contributed by atoms with Crippen LogP contribution in [-0.2, 0) is 16.1 Å². The Morgan fingerprint density at radius 1 is 0.974 bits per heavy atom. The van der Waals surface area contributed by atoms with Crippen molar-refractivity contribution < 1.29 is 32.4 Å². The molecular weight excluding hydrogens is 511 g/mol. The average Bonchev–Trinajstić information content (AvgIpc) is 2.88. The Bertz CT molecular complexity index is 1550. The molecule has 202 valence electrons. The molecule has 0 saturated heterocycles. The van der Waals surface area contributed by atoms with Gasteiger partial charge in [0.1, 0.15) is 18.3 Å². The summed E-state index contributed by atoms with van der Waals surface area (Å²) in [7, 11) is 0. The van der Waals surface area contributed by atoms with E-state index in [0.717, 1.165) is 58.7 Å². The number of benzene rings is 3. The molecular formula is C28H26F3N5O3. The number of hydrogen-bond donors (Lipinski definition) is 1. The lowest BCUT2D eigenvalue weighted by atomic mass is 9.98. The smallest absolute Gasteiger partial charge is 0.430 e. The molecule has 1 heterocycles. The van der Waals surface area contributed by atoms with E-state index in [1.807, 2.05) is 48.5 Å². The van der Waals surface area contributed by atoms with Gasteiger partial charge in [-0.3, -0.25) is 0 Å². The number of Topliss-reactive ketones (excluding diaryl/α,β-unsaturated/α-hetero) is 1. The lowest BCUT2D eigenvalue weighted by molar-refractivity contribution is -0.659. The third kappa shape index (κ3) is 7.45. The van der Waals surface area contributed by atoms with Gasteiger partial charge in [0.25, 0.3) is 0 Å². The first-order valence-electron chi connectivity index (χ1n) is 12.1. The molecule has 2 N–H and O–H groups in total. The van der Waals surface area contributed by atoms with Gasteiger partial charge in [-0.15, -0.1) is 0 Å². The van der Waals surface area contributed by atoms with Crippen LogP contribution in [0.2, 0.25) is 0 Å². The molecule has 0 aliphatic heterocycles. The van der Waals surface area contributed by atoms with Gasteiger partial charge < -0.3 is 20.4 Å². The Labute approximate surface area is 222 Å². The van der Waals surface area contributed by atoms with E-state index in [2.05, 4.69) is 32.8 Å². The van der Waals surface area contributed by atoms with Crippen LogP contribution >= 0.6 is 0 Å². The molecule has 0 bridgehead atoms. The molecule has 11 heteroatoms. The van der Waals surface area contributed by atoms with Crippen LogP contribution in [0.4, 0.5) is 24.5 Å². The second kappa shape index (κ2) is 12.7. The fourth-order valence-corrected chi connectivity index (χ4v) is 4.30. The number of rotatable bonds is 8. The molecule has 0 fully saturated rings. The van der Waals surface area contributed by atoms with Crippen LogP contribution in [0.25, 0.3) is 43.4 Å². The zero-order valence-corrected chi connectivity index (χ0v) is 21.1. The van der Waals surface area contributed by atoms with Crippen LogP contribution in [0, 0.1) is 0 Å². The second-order valence-corrected chi connectivity index (χ2v) is 8.86. The first-order chi connectivity index (χ1) is 18.5. The third-order valence-electron chi connectivity index (χ3n) is 5.98. The standard InChI is InChI=1S/C26H26N5O.C2HF3O2/c1-18(32)8-4-3-7-15-31-25-17-21(29-30-28)12-14-23(25)22-13-11-20(27)16-24(22)26(31)19-9-5-2-6-10-19;3-2(4,5)1(6)7/h2,5-6,9-14,16-17H,3-4,7-8,15,27H2,1H3;(H,6,7)/q+1;/p-1. The average molecular weight is 538 g/mol. The lowest BCUT2D eigenvalue weighted by Crippen LogP contribution is -2.37. The quantitative estimate of drug-likeness (QED) is 0.0567. The number of pyridine rings is 1. The number of ketones is 1. The summed E-state index contributed by atoms with van der Waals surface area (Å²) in [6.45, 7) is 2.42. The van der Waals surface area contributed by atoms with Gasteiger partial charge in [-0.2, -0.15) is 17.7 Å². The van der Waals surface area contributed by atoms with Crippen molar-refractivity contribution in [1.82, 2.24) is 0 Å². The maximum Gasteiger partial charge on any atom is 0.430 e. The van der Waals surface area contributed by atoms with Crippen molar-refractivity contribution in [3.8, 4) is 11.3 Å². The fourth-order valence-electron chi connectivity index (χ4n) is 4.30. The largest absolute Gasteiger partial charge is 0.542 e. The summed E-state index contributed by atoms with van der Waals surface area (Å²) in [5.41, 5.74) is 19.6. The predicted octanol–water partition coefficient (Wildman–Crippen LogP) is 5.92. The summed E-state index contributed by atoms with van der Waals surface area (Å²) >= 11 is 0. The monoisotopic (exact) mass is 537 g/mol. The molecule has 0 radical (unpaired) electrons. The zero-order chi connectivity index (χ0) is 28.6. The highest BCUT2D eigenvalue weighted by Crippen LogP contribution is 2.34. The molecule has 39 heavy (non-hydrogen) atoms. The number of azide groups is 1. The Kier molecular flexibility index (Phi) is 9.46. The highest BCUT2D eigenvalue weighted by atomic mass is 19.4. The van der Waals surface area contributed by atoms with Crippen LogP contribution in [-0.4, -0.2) is 17.9 Å². The molecule has 0 aliphatic rings. The van der Waals surface area contributed by atoms with E-state index < -0.39 is 12.1 Å². The van der Waals surface area contributed by atoms with Crippen molar-refractivity contribution in [2.45, 2.75) is 45.3 Å². The number of unbranched alkanes of at least 4 members (excludes halogenated alkanes) is 2. The number of nitrogen functional groups attached to an aromatic ring is 1. The lowest BCUT2D eigenvalue weighted by Gasteiger charge is -2.13. The van der Waals surface area contributed by atoms with Crippen LogP contribution in [0.5, 0.6) is 0 Å². The third-order valence-corrected chi connectivity index (χ3v) is 5.98. The number of nitrogens with zero attached hydrogens (tertiary/aromatic N) is 4. The van der Waals surface area contributed by atoms with E-state index in [9.17, 15) is 18.0 Å². The fraction of sp³-hybridized carbons (Fsp3) is 0.250. The normalized spacial score (nSPS) is 11.0. The first-order valence-corrected chi connectivity index (χ1v) is 12.1.